The Labute approximate surface area is 128 Å². The highest BCUT2D eigenvalue weighted by Gasteiger charge is 2.15. The number of alkyl carbamates (subject to hydrolysis) is 1. The lowest BCUT2D eigenvalue weighted by Gasteiger charge is -2.18. The SMILES string of the molecule is CC(C)(C)OC(=O)NCC#Cc1ccc(CC(=O)O)c(F)c1. The molecule has 0 heterocycles. The second kappa shape index (κ2) is 7.46. The fraction of sp³-hybridized carbons (Fsp3) is 0.375. The zero-order chi connectivity index (χ0) is 16.8. The molecular formula is C16H18FNO4. The highest BCUT2D eigenvalue weighted by molar-refractivity contribution is 5.70. The largest absolute Gasteiger partial charge is 0.481 e. The fourth-order valence-corrected chi connectivity index (χ4v) is 1.51. The van der Waals surface area contributed by atoms with Crippen LogP contribution in [0.3, 0.4) is 0 Å². The summed E-state index contributed by atoms with van der Waals surface area (Å²) in [5.41, 5.74) is -0.0804. The maximum Gasteiger partial charge on any atom is 0.408 e. The number of halogens is 1. The Morgan fingerprint density at radius 3 is 2.59 bits per heavy atom. The Kier molecular flexibility index (Phi) is 5.93. The van der Waals surface area contributed by atoms with E-state index in [1.54, 1.807) is 20.8 Å². The Morgan fingerprint density at radius 2 is 2.05 bits per heavy atom. The van der Waals surface area contributed by atoms with Crippen molar-refractivity contribution < 1.29 is 23.8 Å². The number of ether oxygens (including phenoxy) is 1. The van der Waals surface area contributed by atoms with Gasteiger partial charge in [0.05, 0.1) is 13.0 Å². The van der Waals surface area contributed by atoms with Gasteiger partial charge in [0.2, 0.25) is 0 Å². The van der Waals surface area contributed by atoms with Crippen molar-refractivity contribution in [2.75, 3.05) is 6.54 Å². The molecule has 0 saturated carbocycles. The molecule has 0 aliphatic carbocycles. The number of nitrogens with one attached hydrogen (secondary N) is 1. The van der Waals surface area contributed by atoms with E-state index in [0.29, 0.717) is 5.56 Å². The summed E-state index contributed by atoms with van der Waals surface area (Å²) in [6, 6.07) is 4.08. The Hall–Kier alpha value is -2.55. The third-order valence-corrected chi connectivity index (χ3v) is 2.35. The summed E-state index contributed by atoms with van der Waals surface area (Å²) in [4.78, 5) is 21.9. The number of carboxylic acid groups (broad SMARTS) is 1. The summed E-state index contributed by atoms with van der Waals surface area (Å²) >= 11 is 0. The van der Waals surface area contributed by atoms with Gasteiger partial charge in [0, 0.05) is 5.56 Å². The molecule has 0 aromatic heterocycles. The molecule has 2 N–H and O–H groups in total. The van der Waals surface area contributed by atoms with Crippen molar-refractivity contribution >= 4 is 12.1 Å². The van der Waals surface area contributed by atoms with Crippen molar-refractivity contribution in [2.45, 2.75) is 32.8 Å². The van der Waals surface area contributed by atoms with Gasteiger partial charge < -0.3 is 15.2 Å². The average Bonchev–Trinajstić information content (AvgIpc) is 2.35. The number of amides is 1. The molecule has 0 aliphatic heterocycles. The summed E-state index contributed by atoms with van der Waals surface area (Å²) in [7, 11) is 0. The molecule has 0 bridgehead atoms. The van der Waals surface area contributed by atoms with Gasteiger partial charge in [0.25, 0.3) is 0 Å². The van der Waals surface area contributed by atoms with Crippen LogP contribution >= 0.6 is 0 Å². The minimum absolute atomic E-state index is 0.0629. The Bertz CT molecular complexity index is 623. The van der Waals surface area contributed by atoms with Crippen molar-refractivity contribution in [1.82, 2.24) is 5.32 Å². The highest BCUT2D eigenvalue weighted by Crippen LogP contribution is 2.10. The Balaban J connectivity index is 2.57. The molecule has 1 aromatic carbocycles. The normalized spacial score (nSPS) is 10.4. The van der Waals surface area contributed by atoms with Gasteiger partial charge in [-0.05, 0) is 38.5 Å². The van der Waals surface area contributed by atoms with Gasteiger partial charge >= 0.3 is 12.1 Å². The van der Waals surface area contributed by atoms with Crippen LogP contribution in [0, 0.1) is 17.7 Å². The van der Waals surface area contributed by atoms with Crippen LogP contribution in [0.4, 0.5) is 9.18 Å². The van der Waals surface area contributed by atoms with Gasteiger partial charge in [-0.3, -0.25) is 4.79 Å². The summed E-state index contributed by atoms with van der Waals surface area (Å²) in [5, 5.41) is 11.1. The van der Waals surface area contributed by atoms with E-state index in [1.165, 1.54) is 18.2 Å². The van der Waals surface area contributed by atoms with E-state index in [2.05, 4.69) is 17.2 Å². The van der Waals surface area contributed by atoms with E-state index in [4.69, 9.17) is 9.84 Å². The molecule has 0 fully saturated rings. The van der Waals surface area contributed by atoms with Crippen LogP contribution in [-0.4, -0.2) is 29.3 Å². The van der Waals surface area contributed by atoms with Crippen molar-refractivity contribution in [3.8, 4) is 11.8 Å². The quantitative estimate of drug-likeness (QED) is 0.840. The van der Waals surface area contributed by atoms with Crippen molar-refractivity contribution in [3.05, 3.63) is 35.1 Å². The molecule has 1 amide bonds. The second-order valence-corrected chi connectivity index (χ2v) is 5.53. The fourth-order valence-electron chi connectivity index (χ4n) is 1.51. The number of benzene rings is 1. The van der Waals surface area contributed by atoms with E-state index < -0.39 is 23.5 Å². The standard InChI is InChI=1S/C16H18FNO4/c1-16(2,3)22-15(21)18-8-4-5-11-6-7-12(10-14(19)20)13(17)9-11/h6-7,9H,8,10H2,1-3H3,(H,18,21)(H,19,20). The smallest absolute Gasteiger partial charge is 0.408 e. The first-order chi connectivity index (χ1) is 10.2. The van der Waals surface area contributed by atoms with Gasteiger partial charge in [-0.25, -0.2) is 9.18 Å². The molecule has 0 spiro atoms. The van der Waals surface area contributed by atoms with E-state index in [0.717, 1.165) is 0 Å². The molecule has 0 aliphatic rings. The summed E-state index contributed by atoms with van der Waals surface area (Å²) in [6.07, 6.45) is -0.954. The number of hydrogen-bond acceptors (Lipinski definition) is 3. The van der Waals surface area contributed by atoms with Crippen LogP contribution < -0.4 is 5.32 Å². The predicted octanol–water partition coefficient (Wildman–Crippen LogP) is 2.33. The maximum atomic E-state index is 13.6. The molecule has 0 radical (unpaired) electrons. The van der Waals surface area contributed by atoms with Crippen LogP contribution in [0.25, 0.3) is 0 Å². The molecular weight excluding hydrogens is 289 g/mol. The molecule has 118 valence electrons. The lowest BCUT2D eigenvalue weighted by molar-refractivity contribution is -0.136. The van der Waals surface area contributed by atoms with Crippen molar-refractivity contribution in [1.29, 1.82) is 0 Å². The van der Waals surface area contributed by atoms with Gasteiger partial charge in [-0.1, -0.05) is 17.9 Å². The van der Waals surface area contributed by atoms with Crippen LogP contribution in [0.5, 0.6) is 0 Å². The number of aliphatic carboxylic acids is 1. The lowest BCUT2D eigenvalue weighted by atomic mass is 10.1. The van der Waals surface area contributed by atoms with Crippen LogP contribution in [0.1, 0.15) is 31.9 Å². The van der Waals surface area contributed by atoms with E-state index >= 15 is 0 Å². The maximum absolute atomic E-state index is 13.6. The second-order valence-electron chi connectivity index (χ2n) is 5.53. The molecule has 1 rings (SSSR count). The van der Waals surface area contributed by atoms with Crippen LogP contribution in [0.15, 0.2) is 18.2 Å². The zero-order valence-electron chi connectivity index (χ0n) is 12.7. The first-order valence-corrected chi connectivity index (χ1v) is 6.63. The molecule has 22 heavy (non-hydrogen) atoms. The number of carbonyl (C=O) groups excluding carboxylic acids is 1. The van der Waals surface area contributed by atoms with Gasteiger partial charge in [-0.2, -0.15) is 0 Å². The number of hydrogen-bond donors (Lipinski definition) is 2. The third-order valence-electron chi connectivity index (χ3n) is 2.35. The number of rotatable bonds is 3. The Morgan fingerprint density at radius 1 is 1.36 bits per heavy atom. The van der Waals surface area contributed by atoms with Gasteiger partial charge in [0.15, 0.2) is 0 Å². The van der Waals surface area contributed by atoms with Gasteiger partial charge in [-0.15, -0.1) is 0 Å². The van der Waals surface area contributed by atoms with E-state index in [1.807, 2.05) is 0 Å². The monoisotopic (exact) mass is 307 g/mol. The minimum atomic E-state index is -1.10. The first-order valence-electron chi connectivity index (χ1n) is 6.63. The molecule has 0 atom stereocenters. The average molecular weight is 307 g/mol. The summed E-state index contributed by atoms with van der Waals surface area (Å²) in [6.45, 7) is 5.31. The molecule has 0 saturated heterocycles. The molecule has 5 nitrogen and oxygen atoms in total. The summed E-state index contributed by atoms with van der Waals surface area (Å²) in [5.74, 6) is 3.62. The van der Waals surface area contributed by atoms with Crippen molar-refractivity contribution in [2.24, 2.45) is 0 Å². The van der Waals surface area contributed by atoms with Crippen LogP contribution in [0.2, 0.25) is 0 Å². The zero-order valence-corrected chi connectivity index (χ0v) is 12.7. The summed E-state index contributed by atoms with van der Waals surface area (Å²) < 4.78 is 18.6. The van der Waals surface area contributed by atoms with E-state index in [9.17, 15) is 14.0 Å². The highest BCUT2D eigenvalue weighted by atomic mass is 19.1. The number of carbonyl (C=O) groups is 2. The molecule has 1 aromatic rings. The molecule has 0 unspecified atom stereocenters. The van der Waals surface area contributed by atoms with E-state index in [-0.39, 0.29) is 18.5 Å². The van der Waals surface area contributed by atoms with Crippen LogP contribution in [-0.2, 0) is 16.0 Å². The van der Waals surface area contributed by atoms with Gasteiger partial charge in [0.1, 0.15) is 11.4 Å². The predicted molar refractivity (Wildman–Crippen MR) is 78.9 cm³/mol. The minimum Gasteiger partial charge on any atom is -0.481 e. The van der Waals surface area contributed by atoms with Crippen molar-refractivity contribution in [3.63, 3.8) is 0 Å². The third kappa shape index (κ3) is 6.75. The lowest BCUT2D eigenvalue weighted by Crippen LogP contribution is -2.32. The molecule has 6 heteroatoms. The number of carboxylic acids is 1. The first kappa shape index (κ1) is 17.5. The topological polar surface area (TPSA) is 75.6 Å².